The van der Waals surface area contributed by atoms with Gasteiger partial charge in [-0.3, -0.25) is 4.79 Å². The van der Waals surface area contributed by atoms with Crippen LogP contribution >= 0.6 is 0 Å². The van der Waals surface area contributed by atoms with E-state index in [1.54, 1.807) is 0 Å². The zero-order chi connectivity index (χ0) is 17.6. The molecule has 0 saturated carbocycles. The van der Waals surface area contributed by atoms with E-state index in [0.29, 0.717) is 5.92 Å². The molecule has 2 aromatic rings. The van der Waals surface area contributed by atoms with Gasteiger partial charge in [0.2, 0.25) is 5.91 Å². The van der Waals surface area contributed by atoms with Crippen molar-refractivity contribution in [3.8, 4) is 0 Å². The monoisotopic (exact) mass is 338 g/mol. The maximum atomic E-state index is 11.2. The molecule has 0 spiro atoms. The van der Waals surface area contributed by atoms with E-state index in [9.17, 15) is 4.79 Å². The highest BCUT2D eigenvalue weighted by molar-refractivity contribution is 5.88. The fraction of sp³-hybridized carbons (Fsp3) is 0.381. The first-order valence-electron chi connectivity index (χ1n) is 8.91. The molecule has 2 aromatic carbocycles. The van der Waals surface area contributed by atoms with E-state index in [1.807, 2.05) is 24.3 Å². The molecule has 1 amide bonds. The number of hydrogen-bond donors (Lipinski definition) is 2. The average molecular weight is 338 g/mol. The van der Waals surface area contributed by atoms with Gasteiger partial charge in [-0.05, 0) is 36.6 Å². The van der Waals surface area contributed by atoms with Gasteiger partial charge in [0.15, 0.2) is 0 Å². The molecule has 1 aliphatic rings. The van der Waals surface area contributed by atoms with Crippen LogP contribution in [0.5, 0.6) is 0 Å². The molecule has 1 saturated heterocycles. The van der Waals surface area contributed by atoms with E-state index in [0.717, 1.165) is 25.3 Å². The van der Waals surface area contributed by atoms with Crippen LogP contribution in [0.2, 0.25) is 0 Å². The predicted octanol–water partition coefficient (Wildman–Crippen LogP) is 4.07. The SMILES string of the molecule is CC(=O)Nc1cccc([C@H](C)NC[C@@H]2CCO[C@H]2c2ccccc2)c1. The maximum Gasteiger partial charge on any atom is 0.221 e. The van der Waals surface area contributed by atoms with Gasteiger partial charge in [-0.25, -0.2) is 0 Å². The molecular weight excluding hydrogens is 312 g/mol. The van der Waals surface area contributed by atoms with Crippen LogP contribution in [-0.4, -0.2) is 19.1 Å². The van der Waals surface area contributed by atoms with Gasteiger partial charge in [0.25, 0.3) is 0 Å². The first-order chi connectivity index (χ1) is 12.1. The molecule has 0 aromatic heterocycles. The number of hydrogen-bond acceptors (Lipinski definition) is 3. The van der Waals surface area contributed by atoms with Crippen molar-refractivity contribution in [3.63, 3.8) is 0 Å². The van der Waals surface area contributed by atoms with E-state index >= 15 is 0 Å². The minimum atomic E-state index is -0.0495. The second-order valence-electron chi connectivity index (χ2n) is 6.69. The number of carbonyl (C=O) groups is 1. The first-order valence-corrected chi connectivity index (χ1v) is 8.91. The van der Waals surface area contributed by atoms with Crippen molar-refractivity contribution in [2.75, 3.05) is 18.5 Å². The fourth-order valence-corrected chi connectivity index (χ4v) is 3.39. The van der Waals surface area contributed by atoms with Crippen LogP contribution in [0.1, 0.15) is 43.5 Å². The van der Waals surface area contributed by atoms with Gasteiger partial charge in [0.05, 0.1) is 6.10 Å². The summed E-state index contributed by atoms with van der Waals surface area (Å²) in [5, 5.41) is 6.47. The summed E-state index contributed by atoms with van der Waals surface area (Å²) in [4.78, 5) is 11.2. The molecule has 3 rings (SSSR count). The molecule has 4 nitrogen and oxygen atoms in total. The molecule has 2 N–H and O–H groups in total. The van der Waals surface area contributed by atoms with E-state index in [1.165, 1.54) is 18.1 Å². The normalized spacial score (nSPS) is 21.0. The molecule has 0 unspecified atom stereocenters. The van der Waals surface area contributed by atoms with Crippen molar-refractivity contribution in [2.24, 2.45) is 5.92 Å². The van der Waals surface area contributed by atoms with Crippen molar-refractivity contribution in [2.45, 2.75) is 32.4 Å². The van der Waals surface area contributed by atoms with E-state index in [-0.39, 0.29) is 18.1 Å². The van der Waals surface area contributed by atoms with Crippen molar-refractivity contribution >= 4 is 11.6 Å². The van der Waals surface area contributed by atoms with Gasteiger partial charge in [0.1, 0.15) is 0 Å². The minimum absolute atomic E-state index is 0.0495. The second kappa shape index (κ2) is 8.28. The van der Waals surface area contributed by atoms with Gasteiger partial charge in [-0.1, -0.05) is 42.5 Å². The van der Waals surface area contributed by atoms with Crippen LogP contribution in [-0.2, 0) is 9.53 Å². The summed E-state index contributed by atoms with van der Waals surface area (Å²) >= 11 is 0. The van der Waals surface area contributed by atoms with Crippen LogP contribution in [0.3, 0.4) is 0 Å². The molecule has 4 heteroatoms. The molecule has 0 aliphatic carbocycles. The van der Waals surface area contributed by atoms with Crippen molar-refractivity contribution < 1.29 is 9.53 Å². The Morgan fingerprint density at radius 1 is 1.20 bits per heavy atom. The molecule has 132 valence electrons. The average Bonchev–Trinajstić information content (AvgIpc) is 3.08. The van der Waals surface area contributed by atoms with Crippen LogP contribution < -0.4 is 10.6 Å². The Labute approximate surface area is 149 Å². The molecule has 1 heterocycles. The molecule has 1 aliphatic heterocycles. The van der Waals surface area contributed by atoms with Gasteiger partial charge >= 0.3 is 0 Å². The lowest BCUT2D eigenvalue weighted by atomic mass is 9.94. The summed E-state index contributed by atoms with van der Waals surface area (Å²) in [6, 6.07) is 18.7. The highest BCUT2D eigenvalue weighted by Gasteiger charge is 2.29. The quantitative estimate of drug-likeness (QED) is 0.835. The number of rotatable bonds is 6. The third-order valence-electron chi connectivity index (χ3n) is 4.74. The van der Waals surface area contributed by atoms with E-state index in [2.05, 4.69) is 47.9 Å². The summed E-state index contributed by atoms with van der Waals surface area (Å²) in [6.07, 6.45) is 1.25. The first kappa shape index (κ1) is 17.6. The predicted molar refractivity (Wildman–Crippen MR) is 100 cm³/mol. The van der Waals surface area contributed by atoms with Crippen LogP contribution in [0.4, 0.5) is 5.69 Å². The second-order valence-corrected chi connectivity index (χ2v) is 6.69. The molecular formula is C21H26N2O2. The van der Waals surface area contributed by atoms with E-state index < -0.39 is 0 Å². The Hall–Kier alpha value is -2.17. The Bertz CT molecular complexity index is 702. The Balaban J connectivity index is 1.60. The Kier molecular flexibility index (Phi) is 5.84. The number of ether oxygens (including phenoxy) is 1. The zero-order valence-corrected chi connectivity index (χ0v) is 14.9. The molecule has 0 radical (unpaired) electrons. The number of nitrogens with one attached hydrogen (secondary N) is 2. The molecule has 25 heavy (non-hydrogen) atoms. The number of carbonyl (C=O) groups excluding carboxylic acids is 1. The third-order valence-corrected chi connectivity index (χ3v) is 4.74. The highest BCUT2D eigenvalue weighted by Crippen LogP contribution is 2.34. The zero-order valence-electron chi connectivity index (χ0n) is 14.9. The number of benzene rings is 2. The summed E-state index contributed by atoms with van der Waals surface area (Å²) in [5.74, 6) is 0.426. The lowest BCUT2D eigenvalue weighted by Gasteiger charge is -2.22. The van der Waals surface area contributed by atoms with Crippen LogP contribution in [0.15, 0.2) is 54.6 Å². The Morgan fingerprint density at radius 2 is 2.00 bits per heavy atom. The van der Waals surface area contributed by atoms with Gasteiger partial charge in [0, 0.05) is 37.7 Å². The lowest BCUT2D eigenvalue weighted by molar-refractivity contribution is -0.114. The summed E-state index contributed by atoms with van der Waals surface area (Å²) in [7, 11) is 0. The van der Waals surface area contributed by atoms with Crippen molar-refractivity contribution in [1.82, 2.24) is 5.32 Å². The summed E-state index contributed by atoms with van der Waals surface area (Å²) in [5.41, 5.74) is 3.26. The molecule has 0 bridgehead atoms. The van der Waals surface area contributed by atoms with E-state index in [4.69, 9.17) is 4.74 Å². The summed E-state index contributed by atoms with van der Waals surface area (Å²) < 4.78 is 5.97. The standard InChI is InChI=1S/C21H26N2O2/c1-15(18-9-6-10-20(13-18)23-16(2)24)22-14-19-11-12-25-21(19)17-7-4-3-5-8-17/h3-10,13,15,19,21-22H,11-12,14H2,1-2H3,(H,23,24)/t15-,19-,21-/m0/s1. The smallest absolute Gasteiger partial charge is 0.221 e. The topological polar surface area (TPSA) is 50.4 Å². The minimum Gasteiger partial charge on any atom is -0.373 e. The van der Waals surface area contributed by atoms with Gasteiger partial charge in [-0.15, -0.1) is 0 Å². The largest absolute Gasteiger partial charge is 0.373 e. The number of anilines is 1. The van der Waals surface area contributed by atoms with Crippen LogP contribution in [0.25, 0.3) is 0 Å². The molecule has 3 atom stereocenters. The van der Waals surface area contributed by atoms with Crippen LogP contribution in [0, 0.1) is 5.92 Å². The lowest BCUT2D eigenvalue weighted by Crippen LogP contribution is -2.27. The molecule has 1 fully saturated rings. The van der Waals surface area contributed by atoms with Crippen molar-refractivity contribution in [3.05, 3.63) is 65.7 Å². The number of amides is 1. The maximum absolute atomic E-state index is 11.2. The van der Waals surface area contributed by atoms with Gasteiger partial charge in [-0.2, -0.15) is 0 Å². The van der Waals surface area contributed by atoms with Crippen molar-refractivity contribution in [1.29, 1.82) is 0 Å². The highest BCUT2D eigenvalue weighted by atomic mass is 16.5. The van der Waals surface area contributed by atoms with Gasteiger partial charge < -0.3 is 15.4 Å². The summed E-state index contributed by atoms with van der Waals surface area (Å²) in [6.45, 7) is 5.40. The third kappa shape index (κ3) is 4.68. The Morgan fingerprint density at radius 3 is 2.76 bits per heavy atom. The fourth-order valence-electron chi connectivity index (χ4n) is 3.39.